The van der Waals surface area contributed by atoms with E-state index in [0.717, 1.165) is 18.8 Å². The van der Waals surface area contributed by atoms with E-state index in [9.17, 15) is 14.4 Å². The standard InChI is InChI=1S/C23H29NO3/c24-22(27)23-11-9-17-16-6-5-13-3-1-2-4-14(13)15(16)7-8-18(17)20(23)21(26)19(25)10-12-23/h2,4,7,13-14,16-18,20H,1,3,5-6,8-12H2,(H2,24,27). The van der Waals surface area contributed by atoms with Crippen molar-refractivity contribution in [1.29, 1.82) is 0 Å². The summed E-state index contributed by atoms with van der Waals surface area (Å²) in [7, 11) is 0. The van der Waals surface area contributed by atoms with Gasteiger partial charge in [-0.15, -0.1) is 0 Å². The fourth-order valence-corrected chi connectivity index (χ4v) is 7.45. The Morgan fingerprint density at radius 1 is 1.07 bits per heavy atom. The van der Waals surface area contributed by atoms with Gasteiger partial charge in [-0.25, -0.2) is 0 Å². The maximum atomic E-state index is 12.9. The van der Waals surface area contributed by atoms with E-state index in [1.165, 1.54) is 25.7 Å². The first-order valence-corrected chi connectivity index (χ1v) is 10.8. The maximum Gasteiger partial charge on any atom is 0.224 e. The molecule has 0 aromatic heterocycles. The van der Waals surface area contributed by atoms with Gasteiger partial charge in [0.25, 0.3) is 0 Å². The van der Waals surface area contributed by atoms with Gasteiger partial charge in [0.15, 0.2) is 5.78 Å². The molecule has 0 bridgehead atoms. The fraction of sp³-hybridized carbons (Fsp3) is 0.696. The van der Waals surface area contributed by atoms with Crippen molar-refractivity contribution in [1.82, 2.24) is 0 Å². The predicted octanol–water partition coefficient (Wildman–Crippen LogP) is 3.36. The molecule has 1 amide bonds. The van der Waals surface area contributed by atoms with Crippen molar-refractivity contribution in [3.05, 3.63) is 23.8 Å². The number of nitrogens with two attached hydrogens (primary N) is 1. The van der Waals surface area contributed by atoms with Crippen molar-refractivity contribution in [2.75, 3.05) is 0 Å². The summed E-state index contributed by atoms with van der Waals surface area (Å²) >= 11 is 0. The summed E-state index contributed by atoms with van der Waals surface area (Å²) in [5, 5.41) is 0. The number of carbonyl (C=O) groups is 3. The second-order valence-corrected chi connectivity index (χ2v) is 9.57. The van der Waals surface area contributed by atoms with E-state index >= 15 is 0 Å². The molecule has 3 saturated carbocycles. The minimum Gasteiger partial charge on any atom is -0.369 e. The molecular weight excluding hydrogens is 338 g/mol. The van der Waals surface area contributed by atoms with E-state index in [-0.39, 0.29) is 29.8 Å². The zero-order chi connectivity index (χ0) is 18.8. The number of fused-ring (bicyclic) bond motifs is 7. The highest BCUT2D eigenvalue weighted by Crippen LogP contribution is 2.60. The highest BCUT2D eigenvalue weighted by Gasteiger charge is 2.60. The Balaban J connectivity index is 1.53. The first kappa shape index (κ1) is 17.4. The minimum atomic E-state index is -0.778. The molecule has 7 unspecified atom stereocenters. The van der Waals surface area contributed by atoms with Gasteiger partial charge in [0, 0.05) is 18.3 Å². The molecule has 0 spiro atoms. The van der Waals surface area contributed by atoms with Crippen LogP contribution in [0.25, 0.3) is 0 Å². The first-order chi connectivity index (χ1) is 13.0. The van der Waals surface area contributed by atoms with Crippen LogP contribution in [0.3, 0.4) is 0 Å². The number of primary amides is 1. The number of carbonyl (C=O) groups excluding carboxylic acids is 3. The number of allylic oxidation sites excluding steroid dienone is 4. The van der Waals surface area contributed by atoms with Gasteiger partial charge in [0.1, 0.15) is 0 Å². The van der Waals surface area contributed by atoms with Gasteiger partial charge in [-0.3, -0.25) is 14.4 Å². The Labute approximate surface area is 160 Å². The predicted molar refractivity (Wildman–Crippen MR) is 101 cm³/mol. The third-order valence-electron chi connectivity index (χ3n) is 8.70. The highest BCUT2D eigenvalue weighted by atomic mass is 16.2. The largest absolute Gasteiger partial charge is 0.369 e. The van der Waals surface area contributed by atoms with Crippen LogP contribution >= 0.6 is 0 Å². The van der Waals surface area contributed by atoms with Gasteiger partial charge in [-0.05, 0) is 75.0 Å². The average molecular weight is 367 g/mol. The zero-order valence-electron chi connectivity index (χ0n) is 15.9. The van der Waals surface area contributed by atoms with Crippen molar-refractivity contribution < 1.29 is 14.4 Å². The number of rotatable bonds is 1. The normalized spacial score (nSPS) is 45.9. The molecule has 4 heteroatoms. The lowest BCUT2D eigenvalue weighted by Crippen LogP contribution is -2.59. The molecule has 0 radical (unpaired) electrons. The lowest BCUT2D eigenvalue weighted by molar-refractivity contribution is -0.160. The zero-order valence-corrected chi connectivity index (χ0v) is 15.9. The topological polar surface area (TPSA) is 77.2 Å². The lowest BCUT2D eigenvalue weighted by atomic mass is 9.47. The molecule has 144 valence electrons. The van der Waals surface area contributed by atoms with Crippen LogP contribution in [0.15, 0.2) is 23.8 Å². The van der Waals surface area contributed by atoms with Crippen molar-refractivity contribution >= 4 is 17.5 Å². The quantitative estimate of drug-likeness (QED) is 0.570. The van der Waals surface area contributed by atoms with E-state index in [1.54, 1.807) is 5.57 Å². The number of amides is 1. The van der Waals surface area contributed by atoms with Crippen LogP contribution in [-0.2, 0) is 14.4 Å². The highest BCUT2D eigenvalue weighted by molar-refractivity contribution is 6.39. The maximum absolute atomic E-state index is 12.9. The van der Waals surface area contributed by atoms with Crippen LogP contribution < -0.4 is 5.73 Å². The van der Waals surface area contributed by atoms with E-state index in [1.807, 2.05) is 0 Å². The van der Waals surface area contributed by atoms with Crippen LogP contribution in [-0.4, -0.2) is 17.5 Å². The molecule has 27 heavy (non-hydrogen) atoms. The molecule has 3 fully saturated rings. The molecule has 5 rings (SSSR count). The Hall–Kier alpha value is -1.71. The second-order valence-electron chi connectivity index (χ2n) is 9.57. The van der Waals surface area contributed by atoms with Crippen LogP contribution in [0.4, 0.5) is 0 Å². The van der Waals surface area contributed by atoms with Crippen molar-refractivity contribution in [2.24, 2.45) is 46.7 Å². The van der Waals surface area contributed by atoms with Crippen molar-refractivity contribution in [3.8, 4) is 0 Å². The minimum absolute atomic E-state index is 0.112. The number of hydrogen-bond acceptors (Lipinski definition) is 3. The van der Waals surface area contributed by atoms with Crippen LogP contribution in [0, 0.1) is 40.9 Å². The summed E-state index contributed by atoms with van der Waals surface area (Å²) in [6, 6.07) is 0. The second kappa shape index (κ2) is 6.15. The molecule has 5 aliphatic carbocycles. The Kier molecular flexibility index (Phi) is 3.96. The van der Waals surface area contributed by atoms with Gasteiger partial charge >= 0.3 is 0 Å². The first-order valence-electron chi connectivity index (χ1n) is 10.8. The number of Topliss-reactive ketones (excluding diaryl/α,β-unsaturated/α-hetero) is 2. The third kappa shape index (κ3) is 2.37. The third-order valence-corrected chi connectivity index (χ3v) is 8.70. The van der Waals surface area contributed by atoms with E-state index in [2.05, 4.69) is 18.2 Å². The summed E-state index contributed by atoms with van der Waals surface area (Å²) in [6.45, 7) is 0. The molecule has 0 aliphatic heterocycles. The molecule has 7 atom stereocenters. The van der Waals surface area contributed by atoms with E-state index in [4.69, 9.17) is 5.73 Å². The smallest absolute Gasteiger partial charge is 0.224 e. The molecule has 2 N–H and O–H groups in total. The summed E-state index contributed by atoms with van der Waals surface area (Å²) in [5.41, 5.74) is 6.64. The molecule has 4 nitrogen and oxygen atoms in total. The molecule has 0 saturated heterocycles. The number of ketones is 2. The van der Waals surface area contributed by atoms with Crippen molar-refractivity contribution in [3.63, 3.8) is 0 Å². The summed E-state index contributed by atoms with van der Waals surface area (Å²) in [6.07, 6.45) is 15.2. The lowest BCUT2D eigenvalue weighted by Gasteiger charge is -2.56. The summed E-state index contributed by atoms with van der Waals surface area (Å²) in [4.78, 5) is 37.6. The van der Waals surface area contributed by atoms with Crippen LogP contribution in [0.5, 0.6) is 0 Å². The molecule has 0 aromatic rings. The molecule has 0 heterocycles. The number of hydrogen-bond donors (Lipinski definition) is 1. The van der Waals surface area contributed by atoms with Crippen LogP contribution in [0.1, 0.15) is 57.8 Å². The average Bonchev–Trinajstić information content (AvgIpc) is 2.69. The fourth-order valence-electron chi connectivity index (χ4n) is 7.45. The van der Waals surface area contributed by atoms with Gasteiger partial charge in [0.2, 0.25) is 11.7 Å². The summed E-state index contributed by atoms with van der Waals surface area (Å²) < 4.78 is 0. The molecule has 5 aliphatic rings. The van der Waals surface area contributed by atoms with Gasteiger partial charge in [-0.2, -0.15) is 0 Å². The SMILES string of the molecule is NC(=O)C12CCC(=O)C(=O)C1C1CC=C3C4C=CCCC4CCC3C1CC2. The van der Waals surface area contributed by atoms with Crippen molar-refractivity contribution in [2.45, 2.75) is 57.8 Å². The Bertz CT molecular complexity index is 766. The van der Waals surface area contributed by atoms with Crippen LogP contribution in [0.2, 0.25) is 0 Å². The van der Waals surface area contributed by atoms with E-state index < -0.39 is 11.3 Å². The van der Waals surface area contributed by atoms with E-state index in [0.29, 0.717) is 30.6 Å². The van der Waals surface area contributed by atoms with Gasteiger partial charge in [-0.1, -0.05) is 23.8 Å². The summed E-state index contributed by atoms with van der Waals surface area (Å²) in [5.74, 6) is 0.972. The Morgan fingerprint density at radius 3 is 2.74 bits per heavy atom. The van der Waals surface area contributed by atoms with Gasteiger partial charge < -0.3 is 5.73 Å². The Morgan fingerprint density at radius 2 is 1.93 bits per heavy atom. The monoisotopic (exact) mass is 367 g/mol. The van der Waals surface area contributed by atoms with Gasteiger partial charge in [0.05, 0.1) is 5.41 Å². The molecule has 0 aromatic carbocycles. The molecular formula is C23H29NO3.